The van der Waals surface area contributed by atoms with E-state index in [1.54, 1.807) is 18.2 Å². The van der Waals surface area contributed by atoms with Gasteiger partial charge in [-0.1, -0.05) is 30.3 Å². The summed E-state index contributed by atoms with van der Waals surface area (Å²) in [7, 11) is 0. The molecule has 0 aliphatic carbocycles. The largest absolute Gasteiger partial charge is 0.416 e. The van der Waals surface area contributed by atoms with E-state index >= 15 is 0 Å². The van der Waals surface area contributed by atoms with Crippen molar-refractivity contribution in [2.45, 2.75) is 12.3 Å². The quantitative estimate of drug-likeness (QED) is 0.820. The van der Waals surface area contributed by atoms with Gasteiger partial charge in [0.15, 0.2) is 0 Å². The van der Waals surface area contributed by atoms with Gasteiger partial charge in [-0.05, 0) is 23.8 Å². The molecule has 0 amide bonds. The lowest BCUT2D eigenvalue weighted by Crippen LogP contribution is -2.13. The minimum absolute atomic E-state index is 0.276. The second kappa shape index (κ2) is 5.01. The zero-order valence-electron chi connectivity index (χ0n) is 9.66. The minimum atomic E-state index is -4.64. The van der Waals surface area contributed by atoms with Crippen LogP contribution < -0.4 is 0 Å². The van der Waals surface area contributed by atoms with Crippen molar-refractivity contribution in [2.24, 2.45) is 0 Å². The molecule has 0 heterocycles. The normalized spacial score (nSPS) is 13.3. The first-order valence-corrected chi connectivity index (χ1v) is 5.49. The minimum Gasteiger partial charge on any atom is -0.384 e. The number of aliphatic hydroxyl groups is 1. The fraction of sp³-hybridized carbons (Fsp3) is 0.143. The van der Waals surface area contributed by atoms with Crippen LogP contribution in [0.2, 0.25) is 0 Å². The molecule has 1 N–H and O–H groups in total. The Morgan fingerprint density at radius 3 is 2.16 bits per heavy atom. The first-order chi connectivity index (χ1) is 8.89. The third-order valence-electron chi connectivity index (χ3n) is 2.73. The summed E-state index contributed by atoms with van der Waals surface area (Å²) in [6.07, 6.45) is -6.16. The van der Waals surface area contributed by atoms with Gasteiger partial charge < -0.3 is 5.11 Å². The molecule has 0 bridgehead atoms. The Balaban J connectivity index is 2.52. The molecular formula is C14H10F4O. The van der Waals surface area contributed by atoms with E-state index in [4.69, 9.17) is 0 Å². The van der Waals surface area contributed by atoms with Crippen LogP contribution in [0.15, 0.2) is 48.5 Å². The lowest BCUT2D eigenvalue weighted by Gasteiger charge is -2.18. The molecule has 5 heteroatoms. The molecule has 100 valence electrons. The third-order valence-corrected chi connectivity index (χ3v) is 2.73. The molecule has 0 radical (unpaired) electrons. The Labute approximate surface area is 107 Å². The van der Waals surface area contributed by atoms with Gasteiger partial charge in [0, 0.05) is 5.56 Å². The molecule has 1 atom stereocenters. The van der Waals surface area contributed by atoms with Gasteiger partial charge in [-0.2, -0.15) is 13.2 Å². The molecule has 0 aliphatic rings. The van der Waals surface area contributed by atoms with Crippen LogP contribution in [0.5, 0.6) is 0 Å². The monoisotopic (exact) mass is 270 g/mol. The number of rotatable bonds is 2. The van der Waals surface area contributed by atoms with Crippen molar-refractivity contribution < 1.29 is 22.7 Å². The summed E-state index contributed by atoms with van der Waals surface area (Å²) in [5.74, 6) is -0.821. The van der Waals surface area contributed by atoms with E-state index < -0.39 is 29.2 Å². The SMILES string of the molecule is OC(c1ccccc1)c1cc(F)ccc1C(F)(F)F. The predicted molar refractivity (Wildman–Crippen MR) is 61.9 cm³/mol. The first kappa shape index (κ1) is 13.5. The highest BCUT2D eigenvalue weighted by Crippen LogP contribution is 2.36. The molecule has 1 nitrogen and oxygen atoms in total. The van der Waals surface area contributed by atoms with E-state index in [1.165, 1.54) is 12.1 Å². The van der Waals surface area contributed by atoms with Crippen LogP contribution >= 0.6 is 0 Å². The Bertz CT molecular complexity index is 563. The molecule has 0 aliphatic heterocycles. The zero-order valence-corrected chi connectivity index (χ0v) is 9.66. The van der Waals surface area contributed by atoms with Gasteiger partial charge in [0.1, 0.15) is 11.9 Å². The fourth-order valence-corrected chi connectivity index (χ4v) is 1.83. The molecule has 0 spiro atoms. The zero-order chi connectivity index (χ0) is 14.0. The highest BCUT2D eigenvalue weighted by Gasteiger charge is 2.35. The number of hydrogen-bond donors (Lipinski definition) is 1. The van der Waals surface area contributed by atoms with Gasteiger partial charge in [0.05, 0.1) is 5.56 Å². The lowest BCUT2D eigenvalue weighted by molar-refractivity contribution is -0.139. The number of benzene rings is 2. The third kappa shape index (κ3) is 2.93. The molecule has 0 aromatic heterocycles. The van der Waals surface area contributed by atoms with Crippen LogP contribution in [-0.2, 0) is 6.18 Å². The molecule has 0 fully saturated rings. The molecule has 0 saturated carbocycles. The van der Waals surface area contributed by atoms with Crippen molar-refractivity contribution in [1.29, 1.82) is 0 Å². The number of halogens is 4. The summed E-state index contributed by atoms with van der Waals surface area (Å²) in [6, 6.07) is 9.88. The molecule has 2 rings (SSSR count). The van der Waals surface area contributed by atoms with Crippen LogP contribution in [0.1, 0.15) is 22.8 Å². The van der Waals surface area contributed by atoms with Gasteiger partial charge in [0.25, 0.3) is 0 Å². The Morgan fingerprint density at radius 2 is 1.58 bits per heavy atom. The summed E-state index contributed by atoms with van der Waals surface area (Å²) < 4.78 is 51.6. The average Bonchev–Trinajstić information content (AvgIpc) is 2.37. The Hall–Kier alpha value is -1.88. The van der Waals surface area contributed by atoms with Gasteiger partial charge in [-0.3, -0.25) is 0 Å². The first-order valence-electron chi connectivity index (χ1n) is 5.49. The highest BCUT2D eigenvalue weighted by molar-refractivity contribution is 5.37. The van der Waals surface area contributed by atoms with E-state index in [2.05, 4.69) is 0 Å². The van der Waals surface area contributed by atoms with Crippen molar-refractivity contribution in [3.63, 3.8) is 0 Å². The average molecular weight is 270 g/mol. The number of aliphatic hydroxyl groups excluding tert-OH is 1. The molecule has 1 unspecified atom stereocenters. The van der Waals surface area contributed by atoms with Gasteiger partial charge in [-0.25, -0.2) is 4.39 Å². The van der Waals surface area contributed by atoms with Gasteiger partial charge >= 0.3 is 6.18 Å². The van der Waals surface area contributed by atoms with E-state index in [0.717, 1.165) is 6.07 Å². The van der Waals surface area contributed by atoms with Crippen molar-refractivity contribution in [3.8, 4) is 0 Å². The van der Waals surface area contributed by atoms with Crippen LogP contribution in [0.3, 0.4) is 0 Å². The summed E-state index contributed by atoms with van der Waals surface area (Å²) in [5.41, 5.74) is -1.25. The van der Waals surface area contributed by atoms with E-state index in [-0.39, 0.29) is 5.56 Å². The maximum atomic E-state index is 13.1. The smallest absolute Gasteiger partial charge is 0.384 e. The molecular weight excluding hydrogens is 260 g/mol. The van der Waals surface area contributed by atoms with Gasteiger partial charge in [0.2, 0.25) is 0 Å². The van der Waals surface area contributed by atoms with Crippen LogP contribution in [0, 0.1) is 5.82 Å². The maximum absolute atomic E-state index is 13.1. The molecule has 2 aromatic carbocycles. The Kier molecular flexibility index (Phi) is 3.57. The van der Waals surface area contributed by atoms with E-state index in [9.17, 15) is 22.7 Å². The number of alkyl halides is 3. The van der Waals surface area contributed by atoms with Crippen molar-refractivity contribution in [3.05, 3.63) is 71.0 Å². The van der Waals surface area contributed by atoms with Gasteiger partial charge in [-0.15, -0.1) is 0 Å². The summed E-state index contributed by atoms with van der Waals surface area (Å²) >= 11 is 0. The summed E-state index contributed by atoms with van der Waals surface area (Å²) in [4.78, 5) is 0. The van der Waals surface area contributed by atoms with E-state index in [1.807, 2.05) is 0 Å². The van der Waals surface area contributed by atoms with Crippen molar-refractivity contribution in [2.75, 3.05) is 0 Å². The van der Waals surface area contributed by atoms with Crippen LogP contribution in [0.4, 0.5) is 17.6 Å². The maximum Gasteiger partial charge on any atom is 0.416 e. The fourth-order valence-electron chi connectivity index (χ4n) is 1.83. The second-order valence-corrected chi connectivity index (χ2v) is 4.04. The summed E-state index contributed by atoms with van der Waals surface area (Å²) in [6.45, 7) is 0. The van der Waals surface area contributed by atoms with Crippen molar-refractivity contribution >= 4 is 0 Å². The molecule has 0 saturated heterocycles. The molecule has 2 aromatic rings. The topological polar surface area (TPSA) is 20.2 Å². The second-order valence-electron chi connectivity index (χ2n) is 4.04. The number of hydrogen-bond acceptors (Lipinski definition) is 1. The lowest BCUT2D eigenvalue weighted by atomic mass is 9.96. The predicted octanol–water partition coefficient (Wildman–Crippen LogP) is 3.93. The standard InChI is InChI=1S/C14H10F4O/c15-10-6-7-12(14(16,17)18)11(8-10)13(19)9-4-2-1-3-5-9/h1-8,13,19H. The highest BCUT2D eigenvalue weighted by atomic mass is 19.4. The van der Waals surface area contributed by atoms with E-state index in [0.29, 0.717) is 12.1 Å². The summed E-state index contributed by atoms with van der Waals surface area (Å²) in [5, 5.41) is 9.99. The van der Waals surface area contributed by atoms with Crippen LogP contribution in [0.25, 0.3) is 0 Å². The van der Waals surface area contributed by atoms with Crippen molar-refractivity contribution in [1.82, 2.24) is 0 Å². The molecule has 19 heavy (non-hydrogen) atoms. The van der Waals surface area contributed by atoms with Crippen LogP contribution in [-0.4, -0.2) is 5.11 Å². The Morgan fingerprint density at radius 1 is 0.947 bits per heavy atom.